The maximum Gasteiger partial charge on any atom is 0.0687 e. The summed E-state index contributed by atoms with van der Waals surface area (Å²) in [6, 6.07) is 0. The van der Waals surface area contributed by atoms with E-state index in [2.05, 4.69) is 0 Å². The first-order valence-electron chi connectivity index (χ1n) is 4.67. The summed E-state index contributed by atoms with van der Waals surface area (Å²) in [4.78, 5) is 0. The lowest BCUT2D eigenvalue weighted by molar-refractivity contribution is 0.104. The molecule has 11 heavy (non-hydrogen) atoms. The molecule has 0 radical (unpaired) electrons. The van der Waals surface area contributed by atoms with E-state index in [9.17, 15) is 5.11 Å². The Bertz CT molecular complexity index is 128. The van der Waals surface area contributed by atoms with Crippen molar-refractivity contribution < 1.29 is 5.11 Å². The highest BCUT2D eigenvalue weighted by Gasteiger charge is 2.33. The second-order valence-corrected chi connectivity index (χ2v) is 5.08. The molecular formula is C9H16OS. The molecule has 2 aliphatic rings. The number of rotatable bonds is 2. The van der Waals surface area contributed by atoms with Gasteiger partial charge in [-0.1, -0.05) is 12.8 Å². The standard InChI is InChI=1S/C9H16OS/c10-9(8-5-6-11-8)7-3-1-2-4-7/h7-10H,1-6H2. The van der Waals surface area contributed by atoms with Gasteiger partial charge < -0.3 is 5.11 Å². The van der Waals surface area contributed by atoms with Crippen LogP contribution in [-0.4, -0.2) is 22.2 Å². The van der Waals surface area contributed by atoms with Crippen molar-refractivity contribution in [2.75, 3.05) is 5.75 Å². The molecule has 0 aromatic rings. The molecule has 0 aromatic carbocycles. The van der Waals surface area contributed by atoms with Gasteiger partial charge in [0.25, 0.3) is 0 Å². The Morgan fingerprint density at radius 2 is 1.82 bits per heavy atom. The Morgan fingerprint density at radius 3 is 2.27 bits per heavy atom. The maximum atomic E-state index is 9.85. The van der Waals surface area contributed by atoms with Crippen LogP contribution in [-0.2, 0) is 0 Å². The molecule has 2 unspecified atom stereocenters. The van der Waals surface area contributed by atoms with Gasteiger partial charge in [-0.3, -0.25) is 0 Å². The minimum atomic E-state index is 0.0243. The number of thioether (sulfide) groups is 1. The third-order valence-corrected chi connectivity index (χ3v) is 4.41. The van der Waals surface area contributed by atoms with E-state index in [4.69, 9.17) is 0 Å². The molecule has 2 atom stereocenters. The minimum Gasteiger partial charge on any atom is -0.392 e. The second-order valence-electron chi connectivity index (χ2n) is 3.73. The van der Waals surface area contributed by atoms with E-state index in [0.717, 1.165) is 0 Å². The SMILES string of the molecule is OC(C1CCCC1)C1CCS1. The van der Waals surface area contributed by atoms with Crippen molar-refractivity contribution in [3.63, 3.8) is 0 Å². The normalized spacial score (nSPS) is 35.2. The molecule has 1 saturated carbocycles. The topological polar surface area (TPSA) is 20.2 Å². The number of aliphatic hydroxyl groups is 1. The number of hydrogen-bond donors (Lipinski definition) is 1. The molecule has 1 aliphatic heterocycles. The Hall–Kier alpha value is 0.310. The molecule has 0 amide bonds. The van der Waals surface area contributed by atoms with E-state index in [1.807, 2.05) is 11.8 Å². The summed E-state index contributed by atoms with van der Waals surface area (Å²) in [7, 11) is 0. The maximum absolute atomic E-state index is 9.85. The van der Waals surface area contributed by atoms with Crippen molar-refractivity contribution in [2.45, 2.75) is 43.5 Å². The summed E-state index contributed by atoms with van der Waals surface area (Å²) in [5.41, 5.74) is 0. The molecule has 0 bridgehead atoms. The molecule has 1 N–H and O–H groups in total. The van der Waals surface area contributed by atoms with Crippen LogP contribution < -0.4 is 0 Å². The van der Waals surface area contributed by atoms with E-state index in [1.165, 1.54) is 37.9 Å². The van der Waals surface area contributed by atoms with Crippen LogP contribution in [0.2, 0.25) is 0 Å². The molecule has 1 nitrogen and oxygen atoms in total. The minimum absolute atomic E-state index is 0.0243. The van der Waals surface area contributed by atoms with Gasteiger partial charge in [0.05, 0.1) is 6.10 Å². The lowest BCUT2D eigenvalue weighted by Crippen LogP contribution is -2.35. The van der Waals surface area contributed by atoms with Crippen molar-refractivity contribution in [1.29, 1.82) is 0 Å². The van der Waals surface area contributed by atoms with Crippen LogP contribution in [0.5, 0.6) is 0 Å². The van der Waals surface area contributed by atoms with Gasteiger partial charge in [-0.2, -0.15) is 11.8 Å². The van der Waals surface area contributed by atoms with Crippen LogP contribution in [0.25, 0.3) is 0 Å². The largest absolute Gasteiger partial charge is 0.392 e. The van der Waals surface area contributed by atoms with Crippen molar-refractivity contribution in [3.05, 3.63) is 0 Å². The zero-order valence-corrected chi connectivity index (χ0v) is 7.65. The summed E-state index contributed by atoms with van der Waals surface area (Å²) < 4.78 is 0. The van der Waals surface area contributed by atoms with E-state index < -0.39 is 0 Å². The Kier molecular flexibility index (Phi) is 2.42. The average Bonchev–Trinajstić information content (AvgIpc) is 2.32. The van der Waals surface area contributed by atoms with Crippen LogP contribution in [0.3, 0.4) is 0 Å². The Morgan fingerprint density at radius 1 is 1.18 bits per heavy atom. The van der Waals surface area contributed by atoms with Crippen molar-refractivity contribution in [2.24, 2.45) is 5.92 Å². The van der Waals surface area contributed by atoms with E-state index in [-0.39, 0.29) is 6.10 Å². The highest BCUT2D eigenvalue weighted by molar-refractivity contribution is 8.01. The van der Waals surface area contributed by atoms with Crippen molar-refractivity contribution in [1.82, 2.24) is 0 Å². The summed E-state index contributed by atoms with van der Waals surface area (Å²) in [6.45, 7) is 0. The average molecular weight is 172 g/mol. The Balaban J connectivity index is 1.82. The zero-order valence-electron chi connectivity index (χ0n) is 6.83. The zero-order chi connectivity index (χ0) is 7.68. The quantitative estimate of drug-likeness (QED) is 0.688. The highest BCUT2D eigenvalue weighted by atomic mass is 32.2. The molecule has 64 valence electrons. The first kappa shape index (κ1) is 7.93. The molecule has 1 heterocycles. The third kappa shape index (κ3) is 1.57. The van der Waals surface area contributed by atoms with Crippen LogP contribution in [0.1, 0.15) is 32.1 Å². The molecular weight excluding hydrogens is 156 g/mol. The predicted molar refractivity (Wildman–Crippen MR) is 48.8 cm³/mol. The van der Waals surface area contributed by atoms with Gasteiger partial charge in [0.2, 0.25) is 0 Å². The van der Waals surface area contributed by atoms with Crippen LogP contribution in [0, 0.1) is 5.92 Å². The van der Waals surface area contributed by atoms with Crippen LogP contribution >= 0.6 is 11.8 Å². The summed E-state index contributed by atoms with van der Waals surface area (Å²) in [5, 5.41) is 10.4. The summed E-state index contributed by atoms with van der Waals surface area (Å²) >= 11 is 1.95. The van der Waals surface area contributed by atoms with Crippen LogP contribution in [0.15, 0.2) is 0 Å². The lowest BCUT2D eigenvalue weighted by Gasteiger charge is -2.33. The third-order valence-electron chi connectivity index (χ3n) is 3.00. The van der Waals surface area contributed by atoms with E-state index in [1.54, 1.807) is 0 Å². The van der Waals surface area contributed by atoms with Gasteiger partial charge in [0.1, 0.15) is 0 Å². The van der Waals surface area contributed by atoms with Gasteiger partial charge in [0.15, 0.2) is 0 Å². The van der Waals surface area contributed by atoms with Gasteiger partial charge in [0, 0.05) is 5.25 Å². The number of hydrogen-bond acceptors (Lipinski definition) is 2. The van der Waals surface area contributed by atoms with Crippen molar-refractivity contribution >= 4 is 11.8 Å². The fraction of sp³-hybridized carbons (Fsp3) is 1.00. The molecule has 0 aromatic heterocycles. The summed E-state index contributed by atoms with van der Waals surface area (Å²) in [6.07, 6.45) is 6.52. The fourth-order valence-electron chi connectivity index (χ4n) is 2.13. The molecule has 2 fully saturated rings. The number of aliphatic hydroxyl groups excluding tert-OH is 1. The molecule has 0 spiro atoms. The fourth-order valence-corrected chi connectivity index (χ4v) is 3.05. The van der Waals surface area contributed by atoms with E-state index >= 15 is 0 Å². The Labute approximate surface area is 72.6 Å². The highest BCUT2D eigenvalue weighted by Crippen LogP contribution is 2.38. The first-order chi connectivity index (χ1) is 5.38. The lowest BCUT2D eigenvalue weighted by atomic mass is 9.96. The molecule has 2 rings (SSSR count). The smallest absolute Gasteiger partial charge is 0.0687 e. The van der Waals surface area contributed by atoms with E-state index in [0.29, 0.717) is 11.2 Å². The monoisotopic (exact) mass is 172 g/mol. The van der Waals surface area contributed by atoms with Gasteiger partial charge in [-0.25, -0.2) is 0 Å². The van der Waals surface area contributed by atoms with Gasteiger partial charge in [-0.05, 0) is 30.9 Å². The summed E-state index contributed by atoms with van der Waals surface area (Å²) in [5.74, 6) is 1.92. The first-order valence-corrected chi connectivity index (χ1v) is 5.72. The van der Waals surface area contributed by atoms with Gasteiger partial charge in [-0.15, -0.1) is 0 Å². The molecule has 1 saturated heterocycles. The predicted octanol–water partition coefficient (Wildman–Crippen LogP) is 2.04. The van der Waals surface area contributed by atoms with Crippen LogP contribution in [0.4, 0.5) is 0 Å². The molecule has 1 aliphatic carbocycles. The second kappa shape index (κ2) is 3.36. The van der Waals surface area contributed by atoms with Crippen molar-refractivity contribution in [3.8, 4) is 0 Å². The van der Waals surface area contributed by atoms with Gasteiger partial charge >= 0.3 is 0 Å². The molecule has 2 heteroatoms.